The minimum Gasteiger partial charge on any atom is -0.375 e. The van der Waals surface area contributed by atoms with Crippen LogP contribution in [-0.2, 0) is 11.2 Å². The Balaban J connectivity index is 1.71. The quantitative estimate of drug-likeness (QED) is 0.916. The number of hydrogen-bond donors (Lipinski definition) is 1. The summed E-state index contributed by atoms with van der Waals surface area (Å²) in [6.07, 6.45) is 5.41. The van der Waals surface area contributed by atoms with Gasteiger partial charge in [-0.25, -0.2) is 4.39 Å². The number of fused-ring (bicyclic) bond motifs is 2. The van der Waals surface area contributed by atoms with Crippen LogP contribution in [0.25, 0.3) is 0 Å². The Morgan fingerprint density at radius 3 is 2.89 bits per heavy atom. The van der Waals surface area contributed by atoms with E-state index in [-0.39, 0.29) is 5.82 Å². The summed E-state index contributed by atoms with van der Waals surface area (Å²) in [6, 6.07) is 5.70. The number of nitrogens with one attached hydrogen (secondary N) is 1. The maximum Gasteiger partial charge on any atom is 0.137 e. The van der Waals surface area contributed by atoms with Gasteiger partial charge in [-0.1, -0.05) is 6.07 Å². The lowest BCUT2D eigenvalue weighted by atomic mass is 9.81. The number of halogens is 2. The molecule has 4 atom stereocenters. The van der Waals surface area contributed by atoms with Crippen LogP contribution in [0.2, 0.25) is 0 Å². The molecule has 0 amide bonds. The van der Waals surface area contributed by atoms with Gasteiger partial charge in [0, 0.05) is 12.0 Å². The average Bonchev–Trinajstić information content (AvgIpc) is 3.02. The first-order valence-corrected chi connectivity index (χ1v) is 7.73. The zero-order valence-corrected chi connectivity index (χ0v) is 12.6. The van der Waals surface area contributed by atoms with E-state index in [9.17, 15) is 4.39 Å². The Hall–Kier alpha value is -0.450. The molecule has 104 valence electrons. The highest BCUT2D eigenvalue weighted by Crippen LogP contribution is 2.41. The summed E-state index contributed by atoms with van der Waals surface area (Å²) < 4.78 is 19.7. The highest BCUT2D eigenvalue weighted by molar-refractivity contribution is 9.10. The molecule has 2 aliphatic heterocycles. The van der Waals surface area contributed by atoms with Crippen LogP contribution < -0.4 is 5.32 Å². The number of ether oxygens (including phenoxy) is 1. The van der Waals surface area contributed by atoms with Gasteiger partial charge in [0.25, 0.3) is 0 Å². The Morgan fingerprint density at radius 2 is 2.32 bits per heavy atom. The summed E-state index contributed by atoms with van der Waals surface area (Å²) in [4.78, 5) is 0. The monoisotopic (exact) mass is 327 g/mol. The standard InChI is InChI=1S/C15H19BrFNO/c1-18-14(11-8-10-3-5-15(11)19-10)7-9-2-4-13(17)12(16)6-9/h2,4,6,10-11,14-15,18H,3,5,7-8H2,1H3. The summed E-state index contributed by atoms with van der Waals surface area (Å²) in [7, 11) is 2.01. The average molecular weight is 328 g/mol. The van der Waals surface area contributed by atoms with Crippen LogP contribution in [0, 0.1) is 11.7 Å². The highest BCUT2D eigenvalue weighted by Gasteiger charge is 2.43. The first-order valence-electron chi connectivity index (χ1n) is 6.94. The van der Waals surface area contributed by atoms with E-state index < -0.39 is 0 Å². The molecule has 0 radical (unpaired) electrons. The summed E-state index contributed by atoms with van der Waals surface area (Å²) in [5, 5.41) is 3.42. The van der Waals surface area contributed by atoms with Gasteiger partial charge in [0.05, 0.1) is 16.7 Å². The molecule has 2 saturated heterocycles. The third kappa shape index (κ3) is 2.71. The van der Waals surface area contributed by atoms with Crippen LogP contribution in [0.5, 0.6) is 0 Å². The zero-order valence-electron chi connectivity index (χ0n) is 11.0. The number of benzene rings is 1. The van der Waals surface area contributed by atoms with Crippen LogP contribution >= 0.6 is 15.9 Å². The lowest BCUT2D eigenvalue weighted by Gasteiger charge is -2.28. The molecule has 0 spiro atoms. The molecular weight excluding hydrogens is 309 g/mol. The minimum absolute atomic E-state index is 0.201. The molecule has 2 bridgehead atoms. The van der Waals surface area contributed by atoms with Crippen molar-refractivity contribution in [3.8, 4) is 0 Å². The molecule has 0 aromatic heterocycles. The van der Waals surface area contributed by atoms with E-state index >= 15 is 0 Å². The van der Waals surface area contributed by atoms with E-state index in [1.54, 1.807) is 0 Å². The Labute approximate surface area is 121 Å². The fourth-order valence-corrected chi connectivity index (χ4v) is 3.91. The normalized spacial score (nSPS) is 30.8. The largest absolute Gasteiger partial charge is 0.375 e. The fraction of sp³-hybridized carbons (Fsp3) is 0.600. The maximum atomic E-state index is 13.3. The van der Waals surface area contributed by atoms with Crippen molar-refractivity contribution >= 4 is 15.9 Å². The van der Waals surface area contributed by atoms with E-state index in [2.05, 4.69) is 21.2 Å². The number of likely N-dealkylation sites (N-methyl/N-ethyl adjacent to an activating group) is 1. The lowest BCUT2D eigenvalue weighted by molar-refractivity contribution is 0.0863. The fourth-order valence-electron chi connectivity index (χ4n) is 3.49. The summed E-state index contributed by atoms with van der Waals surface area (Å²) >= 11 is 3.25. The van der Waals surface area contributed by atoms with Gasteiger partial charge in [0.15, 0.2) is 0 Å². The van der Waals surface area contributed by atoms with E-state index in [1.165, 1.54) is 25.3 Å². The summed E-state index contributed by atoms with van der Waals surface area (Å²) in [5.74, 6) is 0.389. The first-order chi connectivity index (χ1) is 9.17. The van der Waals surface area contributed by atoms with Crippen molar-refractivity contribution in [3.05, 3.63) is 34.1 Å². The summed E-state index contributed by atoms with van der Waals surface area (Å²) in [5.41, 5.74) is 1.16. The molecule has 4 heteroatoms. The van der Waals surface area contributed by atoms with Crippen molar-refractivity contribution < 1.29 is 9.13 Å². The second-order valence-corrected chi connectivity index (χ2v) is 6.48. The van der Waals surface area contributed by atoms with Crippen LogP contribution in [0.3, 0.4) is 0 Å². The third-order valence-corrected chi connectivity index (χ3v) is 5.09. The molecular formula is C15H19BrFNO. The molecule has 2 nitrogen and oxygen atoms in total. The molecule has 2 aliphatic rings. The van der Waals surface area contributed by atoms with Crippen molar-refractivity contribution in [1.82, 2.24) is 5.32 Å². The van der Waals surface area contributed by atoms with Gasteiger partial charge in [-0.2, -0.15) is 0 Å². The second kappa shape index (κ2) is 5.51. The molecule has 0 saturated carbocycles. The van der Waals surface area contributed by atoms with Crippen LogP contribution in [0.4, 0.5) is 4.39 Å². The van der Waals surface area contributed by atoms with E-state index in [0.29, 0.717) is 28.6 Å². The Bertz CT molecular complexity index is 467. The van der Waals surface area contributed by atoms with Gasteiger partial charge >= 0.3 is 0 Å². The molecule has 1 N–H and O–H groups in total. The Kier molecular flexibility index (Phi) is 3.92. The van der Waals surface area contributed by atoms with Crippen molar-refractivity contribution in [2.45, 2.75) is 43.9 Å². The van der Waals surface area contributed by atoms with Crippen molar-refractivity contribution in [3.63, 3.8) is 0 Å². The highest BCUT2D eigenvalue weighted by atomic mass is 79.9. The molecule has 19 heavy (non-hydrogen) atoms. The summed E-state index contributed by atoms with van der Waals surface area (Å²) in [6.45, 7) is 0. The van der Waals surface area contributed by atoms with E-state index in [4.69, 9.17) is 4.74 Å². The van der Waals surface area contributed by atoms with E-state index in [0.717, 1.165) is 12.0 Å². The first kappa shape index (κ1) is 13.5. The Morgan fingerprint density at radius 1 is 1.47 bits per heavy atom. The predicted molar refractivity (Wildman–Crippen MR) is 76.7 cm³/mol. The number of rotatable bonds is 4. The van der Waals surface area contributed by atoms with Gasteiger partial charge in [-0.05, 0) is 66.4 Å². The van der Waals surface area contributed by atoms with Crippen LogP contribution in [0.15, 0.2) is 22.7 Å². The van der Waals surface area contributed by atoms with Crippen molar-refractivity contribution in [1.29, 1.82) is 0 Å². The van der Waals surface area contributed by atoms with Gasteiger partial charge in [-0.3, -0.25) is 0 Å². The smallest absolute Gasteiger partial charge is 0.137 e. The molecule has 1 aromatic rings. The van der Waals surface area contributed by atoms with Gasteiger partial charge in [-0.15, -0.1) is 0 Å². The third-order valence-electron chi connectivity index (χ3n) is 4.48. The molecule has 2 fully saturated rings. The molecule has 1 aromatic carbocycles. The molecule has 3 rings (SSSR count). The lowest BCUT2D eigenvalue weighted by Crippen LogP contribution is -2.40. The molecule has 2 heterocycles. The number of hydrogen-bond acceptors (Lipinski definition) is 2. The second-order valence-electron chi connectivity index (χ2n) is 5.62. The SMILES string of the molecule is CNC(Cc1ccc(F)c(Br)c1)C1CC2CCC1O2. The molecule has 0 aliphatic carbocycles. The van der Waals surface area contributed by atoms with Gasteiger partial charge in [0.1, 0.15) is 5.82 Å². The van der Waals surface area contributed by atoms with Gasteiger partial charge in [0.2, 0.25) is 0 Å². The maximum absolute atomic E-state index is 13.3. The predicted octanol–water partition coefficient (Wildman–Crippen LogP) is 3.29. The van der Waals surface area contributed by atoms with Crippen LogP contribution in [0.1, 0.15) is 24.8 Å². The van der Waals surface area contributed by atoms with E-state index in [1.807, 2.05) is 19.2 Å². The topological polar surface area (TPSA) is 21.3 Å². The minimum atomic E-state index is -0.201. The van der Waals surface area contributed by atoms with Crippen LogP contribution in [-0.4, -0.2) is 25.3 Å². The van der Waals surface area contributed by atoms with Crippen molar-refractivity contribution in [2.24, 2.45) is 5.92 Å². The molecule has 4 unspecified atom stereocenters. The zero-order chi connectivity index (χ0) is 13.4. The van der Waals surface area contributed by atoms with Gasteiger partial charge < -0.3 is 10.1 Å². The van der Waals surface area contributed by atoms with Crippen molar-refractivity contribution in [2.75, 3.05) is 7.05 Å².